The second-order valence-corrected chi connectivity index (χ2v) is 6.58. The molecule has 1 aliphatic rings. The van der Waals surface area contributed by atoms with Gasteiger partial charge >= 0.3 is 0 Å². The number of nitrogens with zero attached hydrogens (tertiary/aromatic N) is 1. The number of nitrogens with one attached hydrogen (secondary N) is 2. The maximum absolute atomic E-state index is 12.0. The first-order valence-electron chi connectivity index (χ1n) is 6.74. The Morgan fingerprint density at radius 1 is 1.48 bits per heavy atom. The van der Waals surface area contributed by atoms with Crippen molar-refractivity contribution in [3.8, 4) is 10.6 Å². The van der Waals surface area contributed by atoms with Crippen LogP contribution in [0.1, 0.15) is 18.5 Å². The van der Waals surface area contributed by atoms with Crippen LogP contribution in [0.5, 0.6) is 0 Å². The molecular formula is C14H15N3O2S2. The lowest BCUT2D eigenvalue weighted by molar-refractivity contribution is -0.125. The first kappa shape index (κ1) is 14.2. The standard InChI is InChI=1S/C14H15N3O2S2/c18-12-2-1-10(6-15-12)16-13(19)5-11-8-21-14(17-11)9-3-4-20-7-9/h3-4,7-8,10H,1-2,5-6H2,(H,15,18)(H,16,19). The summed E-state index contributed by atoms with van der Waals surface area (Å²) in [5, 5.41) is 12.6. The summed E-state index contributed by atoms with van der Waals surface area (Å²) in [7, 11) is 0. The average Bonchev–Trinajstić information content (AvgIpc) is 3.12. The third kappa shape index (κ3) is 3.68. The van der Waals surface area contributed by atoms with E-state index in [0.717, 1.165) is 16.3 Å². The normalized spacial score (nSPS) is 18.3. The van der Waals surface area contributed by atoms with Gasteiger partial charge in [-0.25, -0.2) is 4.98 Å². The molecule has 2 aromatic rings. The third-order valence-corrected chi connectivity index (χ3v) is 4.92. The summed E-state index contributed by atoms with van der Waals surface area (Å²) in [6.07, 6.45) is 1.46. The van der Waals surface area contributed by atoms with Crippen LogP contribution >= 0.6 is 22.7 Å². The molecule has 7 heteroatoms. The Bertz CT molecular complexity index is 626. The molecule has 0 aromatic carbocycles. The van der Waals surface area contributed by atoms with Gasteiger partial charge in [-0.05, 0) is 17.9 Å². The fourth-order valence-electron chi connectivity index (χ4n) is 2.21. The molecule has 3 heterocycles. The van der Waals surface area contributed by atoms with Crippen molar-refractivity contribution in [2.24, 2.45) is 0 Å². The van der Waals surface area contributed by atoms with Crippen LogP contribution in [0.4, 0.5) is 0 Å². The molecule has 5 nitrogen and oxygen atoms in total. The molecule has 0 spiro atoms. The second-order valence-electron chi connectivity index (χ2n) is 4.94. The topological polar surface area (TPSA) is 71.1 Å². The van der Waals surface area contributed by atoms with Crippen molar-refractivity contribution in [2.75, 3.05) is 6.54 Å². The van der Waals surface area contributed by atoms with Crippen LogP contribution in [0.3, 0.4) is 0 Å². The average molecular weight is 321 g/mol. The minimum Gasteiger partial charge on any atom is -0.354 e. The maximum Gasteiger partial charge on any atom is 0.226 e. The van der Waals surface area contributed by atoms with Crippen molar-refractivity contribution < 1.29 is 9.59 Å². The van der Waals surface area contributed by atoms with Gasteiger partial charge in [0.2, 0.25) is 11.8 Å². The number of rotatable bonds is 4. The lowest BCUT2D eigenvalue weighted by Gasteiger charge is -2.23. The molecule has 3 rings (SSSR count). The number of hydrogen-bond donors (Lipinski definition) is 2. The van der Waals surface area contributed by atoms with Crippen LogP contribution < -0.4 is 10.6 Å². The fourth-order valence-corrected chi connectivity index (χ4v) is 3.74. The molecule has 1 saturated heterocycles. The van der Waals surface area contributed by atoms with Crippen LogP contribution in [-0.4, -0.2) is 29.4 Å². The van der Waals surface area contributed by atoms with Gasteiger partial charge in [-0.2, -0.15) is 11.3 Å². The Kier molecular flexibility index (Phi) is 4.31. The van der Waals surface area contributed by atoms with E-state index in [-0.39, 0.29) is 24.3 Å². The highest BCUT2D eigenvalue weighted by molar-refractivity contribution is 7.14. The Balaban J connectivity index is 1.54. The van der Waals surface area contributed by atoms with E-state index in [9.17, 15) is 9.59 Å². The number of amides is 2. The monoisotopic (exact) mass is 321 g/mol. The van der Waals surface area contributed by atoms with E-state index in [0.29, 0.717) is 19.4 Å². The van der Waals surface area contributed by atoms with Gasteiger partial charge in [0.25, 0.3) is 0 Å². The minimum absolute atomic E-state index is 0.0326. The molecule has 1 fully saturated rings. The van der Waals surface area contributed by atoms with Crippen LogP contribution in [0.2, 0.25) is 0 Å². The molecule has 110 valence electrons. The second kappa shape index (κ2) is 6.36. The van der Waals surface area contributed by atoms with E-state index in [1.54, 1.807) is 22.7 Å². The van der Waals surface area contributed by atoms with Gasteiger partial charge in [-0.15, -0.1) is 11.3 Å². The van der Waals surface area contributed by atoms with Crippen molar-refractivity contribution in [2.45, 2.75) is 25.3 Å². The third-order valence-electron chi connectivity index (χ3n) is 3.29. The van der Waals surface area contributed by atoms with E-state index in [4.69, 9.17) is 0 Å². The van der Waals surface area contributed by atoms with Crippen LogP contribution in [0.15, 0.2) is 22.2 Å². The smallest absolute Gasteiger partial charge is 0.226 e. The van der Waals surface area contributed by atoms with Crippen molar-refractivity contribution in [3.05, 3.63) is 27.9 Å². The molecule has 0 aliphatic carbocycles. The Morgan fingerprint density at radius 2 is 2.38 bits per heavy atom. The highest BCUT2D eigenvalue weighted by atomic mass is 32.1. The van der Waals surface area contributed by atoms with Gasteiger partial charge in [0, 0.05) is 35.3 Å². The van der Waals surface area contributed by atoms with Crippen molar-refractivity contribution in [1.82, 2.24) is 15.6 Å². The van der Waals surface area contributed by atoms with Crippen LogP contribution in [-0.2, 0) is 16.0 Å². The van der Waals surface area contributed by atoms with Gasteiger partial charge in [-0.3, -0.25) is 9.59 Å². The van der Waals surface area contributed by atoms with E-state index in [2.05, 4.69) is 15.6 Å². The fraction of sp³-hybridized carbons (Fsp3) is 0.357. The maximum atomic E-state index is 12.0. The van der Waals surface area contributed by atoms with Gasteiger partial charge in [0.15, 0.2) is 0 Å². The number of hydrogen-bond acceptors (Lipinski definition) is 5. The van der Waals surface area contributed by atoms with Crippen molar-refractivity contribution >= 4 is 34.5 Å². The van der Waals surface area contributed by atoms with E-state index in [1.165, 1.54) is 0 Å². The van der Waals surface area contributed by atoms with E-state index >= 15 is 0 Å². The number of carbonyl (C=O) groups is 2. The number of carbonyl (C=O) groups excluding carboxylic acids is 2. The molecule has 1 atom stereocenters. The first-order valence-corrected chi connectivity index (χ1v) is 8.56. The summed E-state index contributed by atoms with van der Waals surface area (Å²) >= 11 is 3.19. The summed E-state index contributed by atoms with van der Waals surface area (Å²) in [5.74, 6) is 0.0127. The van der Waals surface area contributed by atoms with E-state index < -0.39 is 0 Å². The highest BCUT2D eigenvalue weighted by Gasteiger charge is 2.20. The Hall–Kier alpha value is -1.73. The predicted octanol–water partition coefficient (Wildman–Crippen LogP) is 1.81. The van der Waals surface area contributed by atoms with Gasteiger partial charge < -0.3 is 10.6 Å². The van der Waals surface area contributed by atoms with Gasteiger partial charge in [0.05, 0.1) is 12.1 Å². The molecule has 2 N–H and O–H groups in total. The zero-order valence-corrected chi connectivity index (χ0v) is 12.9. The SMILES string of the molecule is O=C1CCC(NC(=O)Cc2csc(-c3ccsc3)n2)CN1. The summed E-state index contributed by atoms with van der Waals surface area (Å²) in [5.41, 5.74) is 1.89. The van der Waals surface area contributed by atoms with Crippen molar-refractivity contribution in [1.29, 1.82) is 0 Å². The Labute approximate surface area is 130 Å². The van der Waals surface area contributed by atoms with Gasteiger partial charge in [-0.1, -0.05) is 0 Å². The molecule has 0 saturated carbocycles. The first-order chi connectivity index (χ1) is 10.2. The largest absolute Gasteiger partial charge is 0.354 e. The Morgan fingerprint density at radius 3 is 3.10 bits per heavy atom. The molecule has 21 heavy (non-hydrogen) atoms. The van der Waals surface area contributed by atoms with Crippen LogP contribution in [0, 0.1) is 0 Å². The zero-order chi connectivity index (χ0) is 14.7. The molecule has 0 bridgehead atoms. The summed E-state index contributed by atoms with van der Waals surface area (Å²) in [6.45, 7) is 0.516. The lowest BCUT2D eigenvalue weighted by atomic mass is 10.1. The summed E-state index contributed by atoms with van der Waals surface area (Å²) in [6, 6.07) is 2.06. The summed E-state index contributed by atoms with van der Waals surface area (Å²) in [4.78, 5) is 27.6. The number of thiophene rings is 1. The molecule has 2 aromatic heterocycles. The molecule has 2 amide bonds. The molecular weight excluding hydrogens is 306 g/mol. The predicted molar refractivity (Wildman–Crippen MR) is 83.3 cm³/mol. The minimum atomic E-state index is -0.0432. The van der Waals surface area contributed by atoms with E-state index in [1.807, 2.05) is 22.2 Å². The quantitative estimate of drug-likeness (QED) is 0.902. The molecule has 1 unspecified atom stereocenters. The lowest BCUT2D eigenvalue weighted by Crippen LogP contribution is -2.48. The van der Waals surface area contributed by atoms with Crippen LogP contribution in [0.25, 0.3) is 10.6 Å². The molecule has 1 aliphatic heterocycles. The van der Waals surface area contributed by atoms with Gasteiger partial charge in [0.1, 0.15) is 5.01 Å². The summed E-state index contributed by atoms with van der Waals surface area (Å²) < 4.78 is 0. The number of thiazole rings is 1. The number of aromatic nitrogens is 1. The zero-order valence-electron chi connectivity index (χ0n) is 11.3. The highest BCUT2D eigenvalue weighted by Crippen LogP contribution is 2.25. The molecule has 0 radical (unpaired) electrons. The number of piperidine rings is 1. The van der Waals surface area contributed by atoms with Crippen molar-refractivity contribution in [3.63, 3.8) is 0 Å².